The summed E-state index contributed by atoms with van der Waals surface area (Å²) in [5.74, 6) is 0.811. The first-order valence-corrected chi connectivity index (χ1v) is 13.6. The first-order valence-electron chi connectivity index (χ1n) is 13.6. The van der Waals surface area contributed by atoms with Crippen LogP contribution in [0.4, 0.5) is 0 Å². The van der Waals surface area contributed by atoms with Gasteiger partial charge in [0.05, 0.1) is 16.4 Å². The van der Waals surface area contributed by atoms with Crippen LogP contribution < -0.4 is 0 Å². The highest BCUT2D eigenvalue weighted by atomic mass is 16.3. The number of furan rings is 2. The van der Waals surface area contributed by atoms with Crippen LogP contribution in [-0.4, -0.2) is 14.5 Å². The molecule has 41 heavy (non-hydrogen) atoms. The van der Waals surface area contributed by atoms with Crippen molar-refractivity contribution in [2.75, 3.05) is 0 Å². The molecular formula is C36H21N3O2. The number of fused-ring (bicyclic) bond motifs is 8. The van der Waals surface area contributed by atoms with E-state index in [-0.39, 0.29) is 0 Å². The number of hydrogen-bond acceptors (Lipinski definition) is 4. The van der Waals surface area contributed by atoms with Gasteiger partial charge in [-0.25, -0.2) is 4.98 Å². The number of nitrogens with zero attached hydrogens (tertiary/aromatic N) is 3. The summed E-state index contributed by atoms with van der Waals surface area (Å²) in [7, 11) is 0. The fourth-order valence-electron chi connectivity index (χ4n) is 6.02. The average molecular weight is 528 g/mol. The first kappa shape index (κ1) is 22.2. The predicted molar refractivity (Wildman–Crippen MR) is 164 cm³/mol. The van der Waals surface area contributed by atoms with Crippen molar-refractivity contribution < 1.29 is 8.83 Å². The highest BCUT2D eigenvalue weighted by Gasteiger charge is 2.21. The van der Waals surface area contributed by atoms with Crippen LogP contribution in [-0.2, 0) is 0 Å². The van der Waals surface area contributed by atoms with Gasteiger partial charge in [-0.3, -0.25) is 9.55 Å². The Labute approximate surface area is 233 Å². The van der Waals surface area contributed by atoms with Crippen molar-refractivity contribution >= 4 is 54.9 Å². The minimum atomic E-state index is 0.811. The molecule has 9 aromatic rings. The topological polar surface area (TPSA) is 57.0 Å². The average Bonchev–Trinajstić information content (AvgIpc) is 3.72. The van der Waals surface area contributed by atoms with Gasteiger partial charge < -0.3 is 8.83 Å². The van der Waals surface area contributed by atoms with Crippen molar-refractivity contribution in [1.82, 2.24) is 14.5 Å². The Balaban J connectivity index is 1.29. The summed E-state index contributed by atoms with van der Waals surface area (Å²) >= 11 is 0. The molecule has 0 aliphatic heterocycles. The Hall–Kier alpha value is -5.68. The van der Waals surface area contributed by atoms with Crippen LogP contribution in [0.3, 0.4) is 0 Å². The largest absolute Gasteiger partial charge is 0.455 e. The first-order chi connectivity index (χ1) is 20.3. The molecule has 0 aliphatic rings. The summed E-state index contributed by atoms with van der Waals surface area (Å²) in [4.78, 5) is 9.53. The van der Waals surface area contributed by atoms with Crippen molar-refractivity contribution in [2.45, 2.75) is 0 Å². The van der Waals surface area contributed by atoms with Crippen LogP contribution in [0.5, 0.6) is 0 Å². The molecule has 0 atom stereocenters. The lowest BCUT2D eigenvalue weighted by atomic mass is 9.98. The summed E-state index contributed by atoms with van der Waals surface area (Å²) in [6, 6.07) is 41.2. The Morgan fingerprint density at radius 2 is 1.29 bits per heavy atom. The SMILES string of the molecule is c1ccc(-c2nc3ccccc3n2-c2ccc(-c3cc4c5ccccc5oc4c4c3oc3ccccc34)cc2)nc1. The summed E-state index contributed by atoms with van der Waals surface area (Å²) in [6.07, 6.45) is 1.80. The molecular weight excluding hydrogens is 506 g/mol. The predicted octanol–water partition coefficient (Wildman–Crippen LogP) is 9.55. The van der Waals surface area contributed by atoms with E-state index in [1.54, 1.807) is 6.20 Å². The fourth-order valence-corrected chi connectivity index (χ4v) is 6.02. The third-order valence-corrected chi connectivity index (χ3v) is 7.88. The summed E-state index contributed by atoms with van der Waals surface area (Å²) in [5, 5.41) is 4.23. The molecule has 0 bridgehead atoms. The number of imidazole rings is 1. The summed E-state index contributed by atoms with van der Waals surface area (Å²) < 4.78 is 15.1. The van der Waals surface area contributed by atoms with E-state index in [0.717, 1.165) is 83.2 Å². The van der Waals surface area contributed by atoms with Gasteiger partial charge in [0, 0.05) is 33.6 Å². The van der Waals surface area contributed by atoms with Gasteiger partial charge in [-0.05, 0) is 60.2 Å². The van der Waals surface area contributed by atoms with Gasteiger partial charge in [-0.2, -0.15) is 0 Å². The molecule has 0 aliphatic carbocycles. The zero-order chi connectivity index (χ0) is 26.9. The molecule has 192 valence electrons. The molecule has 0 radical (unpaired) electrons. The third kappa shape index (κ3) is 3.23. The highest BCUT2D eigenvalue weighted by molar-refractivity contribution is 6.25. The molecule has 0 saturated carbocycles. The molecule has 9 rings (SSSR count). The maximum absolute atomic E-state index is 6.50. The maximum atomic E-state index is 6.50. The molecule has 0 unspecified atom stereocenters. The Morgan fingerprint density at radius 1 is 0.585 bits per heavy atom. The van der Waals surface area contributed by atoms with E-state index >= 15 is 0 Å². The molecule has 5 nitrogen and oxygen atoms in total. The molecule has 4 aromatic heterocycles. The number of aromatic nitrogens is 3. The lowest BCUT2D eigenvalue weighted by molar-refractivity contribution is 0.663. The van der Waals surface area contributed by atoms with E-state index in [4.69, 9.17) is 13.8 Å². The molecule has 0 amide bonds. The second kappa shape index (κ2) is 8.41. The van der Waals surface area contributed by atoms with Gasteiger partial charge in [-0.15, -0.1) is 0 Å². The van der Waals surface area contributed by atoms with Crippen LogP contribution in [0.15, 0.2) is 136 Å². The van der Waals surface area contributed by atoms with E-state index in [9.17, 15) is 0 Å². The highest BCUT2D eigenvalue weighted by Crippen LogP contribution is 2.44. The van der Waals surface area contributed by atoms with Crippen LogP contribution in [0, 0.1) is 0 Å². The van der Waals surface area contributed by atoms with Gasteiger partial charge in [0.2, 0.25) is 0 Å². The maximum Gasteiger partial charge on any atom is 0.164 e. The van der Waals surface area contributed by atoms with Crippen LogP contribution >= 0.6 is 0 Å². The number of benzene rings is 5. The van der Waals surface area contributed by atoms with Crippen LogP contribution in [0.2, 0.25) is 0 Å². The standard InChI is InChI=1S/C36H21N3O2/c1-5-14-31-24(9-1)27-21-26(34-33(35(27)40-31)25-10-2-6-15-32(25)41-34)22-16-18-23(19-17-22)39-30-13-4-3-11-28(30)38-36(39)29-12-7-8-20-37-29/h1-21H. The quantitative estimate of drug-likeness (QED) is 0.230. The Morgan fingerprint density at radius 3 is 2.12 bits per heavy atom. The van der Waals surface area contributed by atoms with E-state index in [1.165, 1.54) is 0 Å². The molecule has 4 heterocycles. The number of rotatable bonds is 3. The van der Waals surface area contributed by atoms with Crippen molar-refractivity contribution in [3.8, 4) is 28.3 Å². The van der Waals surface area contributed by atoms with E-state index < -0.39 is 0 Å². The molecule has 0 fully saturated rings. The van der Waals surface area contributed by atoms with E-state index in [0.29, 0.717) is 0 Å². The number of para-hydroxylation sites is 4. The summed E-state index contributed by atoms with van der Waals surface area (Å²) in [6.45, 7) is 0. The van der Waals surface area contributed by atoms with Gasteiger partial charge in [-0.1, -0.05) is 66.7 Å². The van der Waals surface area contributed by atoms with Crippen molar-refractivity contribution in [3.63, 3.8) is 0 Å². The van der Waals surface area contributed by atoms with Crippen molar-refractivity contribution in [2.24, 2.45) is 0 Å². The van der Waals surface area contributed by atoms with E-state index in [1.807, 2.05) is 66.7 Å². The normalized spacial score (nSPS) is 11.9. The minimum absolute atomic E-state index is 0.811. The van der Waals surface area contributed by atoms with Gasteiger partial charge in [0.25, 0.3) is 0 Å². The van der Waals surface area contributed by atoms with Gasteiger partial charge in [0.1, 0.15) is 28.0 Å². The molecule has 0 N–H and O–H groups in total. The van der Waals surface area contributed by atoms with Crippen molar-refractivity contribution in [3.05, 3.63) is 128 Å². The zero-order valence-corrected chi connectivity index (χ0v) is 21.8. The van der Waals surface area contributed by atoms with Gasteiger partial charge >= 0.3 is 0 Å². The monoisotopic (exact) mass is 527 g/mol. The zero-order valence-electron chi connectivity index (χ0n) is 21.8. The van der Waals surface area contributed by atoms with Crippen LogP contribution in [0.1, 0.15) is 0 Å². The van der Waals surface area contributed by atoms with Gasteiger partial charge in [0.15, 0.2) is 5.82 Å². The molecule has 5 aromatic carbocycles. The lowest BCUT2D eigenvalue weighted by Gasteiger charge is -2.11. The summed E-state index contributed by atoms with van der Waals surface area (Å²) in [5.41, 5.74) is 9.30. The smallest absolute Gasteiger partial charge is 0.164 e. The number of pyridine rings is 1. The Kier molecular flexibility index (Phi) is 4.55. The second-order valence-corrected chi connectivity index (χ2v) is 10.2. The van der Waals surface area contributed by atoms with Crippen LogP contribution in [0.25, 0.3) is 83.2 Å². The minimum Gasteiger partial charge on any atom is -0.455 e. The molecule has 0 saturated heterocycles. The number of hydrogen-bond donors (Lipinski definition) is 0. The molecule has 5 heteroatoms. The lowest BCUT2D eigenvalue weighted by Crippen LogP contribution is -1.98. The third-order valence-electron chi connectivity index (χ3n) is 7.88. The fraction of sp³-hybridized carbons (Fsp3) is 0. The second-order valence-electron chi connectivity index (χ2n) is 10.2. The Bertz CT molecular complexity index is 2410. The molecule has 0 spiro atoms. The van der Waals surface area contributed by atoms with E-state index in [2.05, 4.69) is 64.1 Å². The van der Waals surface area contributed by atoms with Crippen molar-refractivity contribution in [1.29, 1.82) is 0 Å².